The molecule has 1 N–H and O–H groups in total. The fourth-order valence-corrected chi connectivity index (χ4v) is 2.13. The van der Waals surface area contributed by atoms with Crippen LogP contribution < -0.4 is 5.32 Å². The molecule has 1 heterocycles. The summed E-state index contributed by atoms with van der Waals surface area (Å²) in [5.41, 5.74) is 0. The largest absolute Gasteiger partial charge is 0.354 e. The van der Waals surface area contributed by atoms with Crippen LogP contribution >= 0.6 is 11.8 Å². The van der Waals surface area contributed by atoms with Crippen molar-refractivity contribution in [3.8, 4) is 0 Å². The summed E-state index contributed by atoms with van der Waals surface area (Å²) >= 11 is 1.06. The van der Waals surface area contributed by atoms with E-state index in [0.717, 1.165) is 18.0 Å². The summed E-state index contributed by atoms with van der Waals surface area (Å²) in [6.45, 7) is 2.54. The Hall–Kier alpha value is -1.69. The van der Waals surface area contributed by atoms with Gasteiger partial charge in [-0.15, -0.1) is 0 Å². The first-order valence-corrected chi connectivity index (χ1v) is 6.20. The first-order chi connectivity index (χ1) is 8.69. The third-order valence-corrected chi connectivity index (χ3v) is 3.03. The summed E-state index contributed by atoms with van der Waals surface area (Å²) < 4.78 is 26.5. The molecule has 18 heavy (non-hydrogen) atoms. The Morgan fingerprint density at radius 3 is 2.89 bits per heavy atom. The molecule has 0 aliphatic carbocycles. The van der Waals surface area contributed by atoms with Crippen LogP contribution in [0.25, 0.3) is 0 Å². The number of hydrogen-bond donors (Lipinski definition) is 1. The number of aromatic nitrogens is 2. The topological polar surface area (TPSA) is 37.8 Å². The van der Waals surface area contributed by atoms with Gasteiger partial charge in [-0.25, -0.2) is 18.7 Å². The lowest BCUT2D eigenvalue weighted by molar-refractivity contribution is 0.579. The molecule has 0 aliphatic rings. The molecule has 1 aromatic carbocycles. The average Bonchev–Trinajstić information content (AvgIpc) is 2.34. The molecular weight excluding hydrogens is 256 g/mol. The van der Waals surface area contributed by atoms with E-state index >= 15 is 0 Å². The van der Waals surface area contributed by atoms with Crippen LogP contribution in [0.3, 0.4) is 0 Å². The Morgan fingerprint density at radius 1 is 1.33 bits per heavy atom. The van der Waals surface area contributed by atoms with Crippen molar-refractivity contribution in [2.45, 2.75) is 16.8 Å². The van der Waals surface area contributed by atoms with E-state index in [-0.39, 0.29) is 10.8 Å². The van der Waals surface area contributed by atoms with Gasteiger partial charge in [-0.1, -0.05) is 17.8 Å². The van der Waals surface area contributed by atoms with Gasteiger partial charge in [0.1, 0.15) is 10.8 Å². The lowest BCUT2D eigenvalue weighted by atomic mass is 10.4. The van der Waals surface area contributed by atoms with Crippen LogP contribution in [0, 0.1) is 11.6 Å². The lowest BCUT2D eigenvalue weighted by Crippen LogP contribution is -2.03. The molecule has 0 radical (unpaired) electrons. The van der Waals surface area contributed by atoms with E-state index < -0.39 is 5.82 Å². The van der Waals surface area contributed by atoms with Gasteiger partial charge in [0, 0.05) is 11.4 Å². The van der Waals surface area contributed by atoms with Crippen molar-refractivity contribution >= 4 is 17.7 Å². The SMILES string of the molecule is CCNc1ncc(F)c(Sc2cccc(F)c2)n1. The average molecular weight is 267 g/mol. The summed E-state index contributed by atoms with van der Waals surface area (Å²) in [5.74, 6) is -0.523. The van der Waals surface area contributed by atoms with Gasteiger partial charge in [-0.05, 0) is 25.1 Å². The second-order valence-electron chi connectivity index (χ2n) is 3.44. The molecule has 0 aliphatic heterocycles. The van der Waals surface area contributed by atoms with Crippen LogP contribution in [0.2, 0.25) is 0 Å². The third-order valence-electron chi connectivity index (χ3n) is 2.06. The Morgan fingerprint density at radius 2 is 2.17 bits per heavy atom. The monoisotopic (exact) mass is 267 g/mol. The molecule has 0 bridgehead atoms. The number of nitrogens with one attached hydrogen (secondary N) is 1. The number of benzene rings is 1. The molecule has 2 rings (SSSR count). The van der Waals surface area contributed by atoms with Crippen LogP contribution in [0.15, 0.2) is 40.4 Å². The van der Waals surface area contributed by atoms with Gasteiger partial charge in [-0.2, -0.15) is 0 Å². The predicted octanol–water partition coefficient (Wildman–Crippen LogP) is 3.34. The van der Waals surface area contributed by atoms with Gasteiger partial charge in [0.05, 0.1) is 6.20 Å². The standard InChI is InChI=1S/C12H11F2N3S/c1-2-15-12-16-7-10(14)11(17-12)18-9-5-3-4-8(13)6-9/h3-7H,2H2,1H3,(H,15,16,17). The fourth-order valence-electron chi connectivity index (χ4n) is 1.31. The molecule has 0 amide bonds. The first-order valence-electron chi connectivity index (χ1n) is 5.39. The first kappa shape index (κ1) is 12.8. The van der Waals surface area contributed by atoms with Crippen LogP contribution in [-0.4, -0.2) is 16.5 Å². The third kappa shape index (κ3) is 3.16. The molecule has 6 heteroatoms. The van der Waals surface area contributed by atoms with Crippen LogP contribution in [-0.2, 0) is 0 Å². The van der Waals surface area contributed by atoms with Crippen LogP contribution in [0.1, 0.15) is 6.92 Å². The molecule has 0 spiro atoms. The zero-order valence-corrected chi connectivity index (χ0v) is 10.5. The van der Waals surface area contributed by atoms with Crippen molar-refractivity contribution in [1.82, 2.24) is 9.97 Å². The van der Waals surface area contributed by atoms with E-state index in [2.05, 4.69) is 15.3 Å². The van der Waals surface area contributed by atoms with Crippen molar-refractivity contribution in [1.29, 1.82) is 0 Å². The molecule has 94 valence electrons. The maximum absolute atomic E-state index is 13.5. The van der Waals surface area contributed by atoms with Crippen LogP contribution in [0.5, 0.6) is 0 Å². The molecule has 3 nitrogen and oxygen atoms in total. The number of hydrogen-bond acceptors (Lipinski definition) is 4. The zero-order chi connectivity index (χ0) is 13.0. The highest BCUT2D eigenvalue weighted by Crippen LogP contribution is 2.28. The van der Waals surface area contributed by atoms with E-state index in [1.54, 1.807) is 12.1 Å². The second-order valence-corrected chi connectivity index (χ2v) is 4.50. The van der Waals surface area contributed by atoms with Crippen molar-refractivity contribution < 1.29 is 8.78 Å². The lowest BCUT2D eigenvalue weighted by Gasteiger charge is -2.05. The van der Waals surface area contributed by atoms with E-state index in [1.165, 1.54) is 12.1 Å². The zero-order valence-electron chi connectivity index (χ0n) is 9.65. The highest BCUT2D eigenvalue weighted by molar-refractivity contribution is 7.99. The number of nitrogens with zero attached hydrogens (tertiary/aromatic N) is 2. The molecule has 0 unspecified atom stereocenters. The predicted molar refractivity (Wildman–Crippen MR) is 66.7 cm³/mol. The minimum atomic E-state index is -0.522. The highest BCUT2D eigenvalue weighted by atomic mass is 32.2. The molecule has 1 aromatic heterocycles. The van der Waals surface area contributed by atoms with Crippen molar-refractivity contribution in [2.75, 3.05) is 11.9 Å². The summed E-state index contributed by atoms with van der Waals surface area (Å²) in [6.07, 6.45) is 1.10. The van der Waals surface area contributed by atoms with Gasteiger partial charge in [0.25, 0.3) is 0 Å². The second kappa shape index (κ2) is 5.77. The molecular formula is C12H11F2N3S. The minimum absolute atomic E-state index is 0.173. The van der Waals surface area contributed by atoms with Gasteiger partial charge < -0.3 is 5.32 Å². The molecule has 0 saturated heterocycles. The molecule has 0 saturated carbocycles. The Bertz CT molecular complexity index is 549. The molecule has 0 atom stereocenters. The number of rotatable bonds is 4. The van der Waals surface area contributed by atoms with Crippen LogP contribution in [0.4, 0.5) is 14.7 Å². The van der Waals surface area contributed by atoms with Crippen molar-refractivity contribution in [2.24, 2.45) is 0 Å². The summed E-state index contributed by atoms with van der Waals surface area (Å²) in [6, 6.07) is 5.94. The summed E-state index contributed by atoms with van der Waals surface area (Å²) in [7, 11) is 0. The number of anilines is 1. The normalized spacial score (nSPS) is 10.4. The quantitative estimate of drug-likeness (QED) is 0.862. The highest BCUT2D eigenvalue weighted by Gasteiger charge is 2.09. The maximum atomic E-state index is 13.5. The van der Waals surface area contributed by atoms with Crippen molar-refractivity contribution in [3.63, 3.8) is 0 Å². The fraction of sp³-hybridized carbons (Fsp3) is 0.167. The summed E-state index contributed by atoms with van der Waals surface area (Å²) in [5, 5.41) is 3.07. The van der Waals surface area contributed by atoms with Gasteiger partial charge in [0.2, 0.25) is 5.95 Å². The smallest absolute Gasteiger partial charge is 0.223 e. The maximum Gasteiger partial charge on any atom is 0.223 e. The van der Waals surface area contributed by atoms with Gasteiger partial charge in [-0.3, -0.25) is 0 Å². The Balaban J connectivity index is 2.25. The van der Waals surface area contributed by atoms with E-state index in [4.69, 9.17) is 0 Å². The summed E-state index contributed by atoms with van der Waals surface area (Å²) in [4.78, 5) is 8.43. The van der Waals surface area contributed by atoms with E-state index in [0.29, 0.717) is 17.4 Å². The van der Waals surface area contributed by atoms with Gasteiger partial charge >= 0.3 is 0 Å². The minimum Gasteiger partial charge on any atom is -0.354 e. The Labute approximate surface area is 108 Å². The number of halogens is 2. The van der Waals surface area contributed by atoms with E-state index in [1.807, 2.05) is 6.92 Å². The molecule has 0 fully saturated rings. The molecule has 2 aromatic rings. The van der Waals surface area contributed by atoms with E-state index in [9.17, 15) is 8.78 Å². The Kier molecular flexibility index (Phi) is 4.09. The van der Waals surface area contributed by atoms with Gasteiger partial charge in [0.15, 0.2) is 5.82 Å². The van der Waals surface area contributed by atoms with Crippen molar-refractivity contribution in [3.05, 3.63) is 42.1 Å².